The lowest BCUT2D eigenvalue weighted by Gasteiger charge is -2.44. The maximum atomic E-state index is 14.7. The standard InChI is InChI=1S/C46H36ClN3O4/c47-33-18-15-29(16-19-33)28-54-42-20-17-32-13-7-8-14-35(32)38(42)27-41-44(51)48-46(53)50(45(41)52)34-25-39-36(30-9-3-1-4-10-30)21-23-49-24-22-37(40(26-34)43(39)49)31-11-5-2-6-12-31/h1-20,25-27,36-37H,21-24,28H2,(H,48,51,53)/b41-27+/t36-,37+. The van der Waals surface area contributed by atoms with Gasteiger partial charge in [-0.05, 0) is 87.8 Å². The molecule has 6 aromatic carbocycles. The molecule has 4 amide bonds. The van der Waals surface area contributed by atoms with Gasteiger partial charge < -0.3 is 9.64 Å². The van der Waals surface area contributed by atoms with Crippen LogP contribution in [0.4, 0.5) is 16.2 Å². The van der Waals surface area contributed by atoms with Crippen molar-refractivity contribution in [3.8, 4) is 5.75 Å². The number of anilines is 2. The second-order valence-electron chi connectivity index (χ2n) is 14.0. The lowest BCUT2D eigenvalue weighted by molar-refractivity contribution is -0.122. The molecular weight excluding hydrogens is 694 g/mol. The smallest absolute Gasteiger partial charge is 0.335 e. The second-order valence-corrected chi connectivity index (χ2v) is 14.5. The second kappa shape index (κ2) is 14.0. The Morgan fingerprint density at radius 3 is 1.98 bits per heavy atom. The van der Waals surface area contributed by atoms with Gasteiger partial charge in [0.1, 0.15) is 17.9 Å². The Morgan fingerprint density at radius 1 is 0.722 bits per heavy atom. The number of urea groups is 1. The quantitative estimate of drug-likeness (QED) is 0.131. The minimum Gasteiger partial charge on any atom is -0.488 e. The number of fused-ring (bicyclic) bond motifs is 1. The number of amides is 4. The fourth-order valence-electron chi connectivity index (χ4n) is 8.30. The number of carbonyl (C=O) groups is 3. The number of nitrogens with zero attached hydrogens (tertiary/aromatic N) is 2. The summed E-state index contributed by atoms with van der Waals surface area (Å²) in [5.41, 5.74) is 7.46. The van der Waals surface area contributed by atoms with E-state index in [1.165, 1.54) is 16.8 Å². The lowest BCUT2D eigenvalue weighted by atomic mass is 9.76. The van der Waals surface area contributed by atoms with Gasteiger partial charge in [0.25, 0.3) is 11.8 Å². The molecule has 8 heteroatoms. The zero-order valence-corrected chi connectivity index (χ0v) is 30.1. The predicted octanol–water partition coefficient (Wildman–Crippen LogP) is 9.62. The van der Waals surface area contributed by atoms with Crippen LogP contribution in [0.25, 0.3) is 16.8 Å². The van der Waals surface area contributed by atoms with Gasteiger partial charge in [0.15, 0.2) is 0 Å². The minimum absolute atomic E-state index is 0.0706. The van der Waals surface area contributed by atoms with E-state index in [0.717, 1.165) is 58.3 Å². The average molecular weight is 730 g/mol. The largest absolute Gasteiger partial charge is 0.488 e. The molecule has 0 unspecified atom stereocenters. The van der Waals surface area contributed by atoms with E-state index in [1.54, 1.807) is 18.2 Å². The third-order valence-corrected chi connectivity index (χ3v) is 11.1. The van der Waals surface area contributed by atoms with E-state index in [2.05, 4.69) is 58.7 Å². The number of carbonyl (C=O) groups excluding carboxylic acids is 3. The third kappa shape index (κ3) is 6.10. The first-order valence-electron chi connectivity index (χ1n) is 18.3. The first-order valence-corrected chi connectivity index (χ1v) is 18.6. The van der Waals surface area contributed by atoms with Gasteiger partial charge in [-0.25, -0.2) is 9.69 Å². The highest BCUT2D eigenvalue weighted by Crippen LogP contribution is 2.50. The molecule has 6 aromatic rings. The van der Waals surface area contributed by atoms with Crippen molar-refractivity contribution in [2.75, 3.05) is 22.9 Å². The van der Waals surface area contributed by atoms with Crippen LogP contribution < -0.4 is 19.9 Å². The maximum Gasteiger partial charge on any atom is 0.335 e. The van der Waals surface area contributed by atoms with E-state index in [4.69, 9.17) is 16.3 Å². The normalized spacial score (nSPS) is 18.8. The van der Waals surface area contributed by atoms with Gasteiger partial charge in [0.2, 0.25) is 0 Å². The summed E-state index contributed by atoms with van der Waals surface area (Å²) in [4.78, 5) is 45.7. The summed E-state index contributed by atoms with van der Waals surface area (Å²) in [6.45, 7) is 2.08. The van der Waals surface area contributed by atoms with E-state index >= 15 is 0 Å². The summed E-state index contributed by atoms with van der Waals surface area (Å²) in [6, 6.07) is 42.9. The molecule has 1 fully saturated rings. The van der Waals surface area contributed by atoms with Crippen molar-refractivity contribution in [2.45, 2.75) is 31.3 Å². The predicted molar refractivity (Wildman–Crippen MR) is 213 cm³/mol. The first-order chi connectivity index (χ1) is 26.4. The monoisotopic (exact) mass is 729 g/mol. The van der Waals surface area contributed by atoms with Crippen LogP contribution >= 0.6 is 11.6 Å². The summed E-state index contributed by atoms with van der Waals surface area (Å²) >= 11 is 6.10. The van der Waals surface area contributed by atoms with Gasteiger partial charge in [-0.1, -0.05) is 115 Å². The molecule has 1 saturated heterocycles. The van der Waals surface area contributed by atoms with Crippen LogP contribution in [0.3, 0.4) is 0 Å². The Hall–Kier alpha value is -6.18. The molecule has 0 radical (unpaired) electrons. The molecule has 3 aliphatic rings. The average Bonchev–Trinajstić information content (AvgIpc) is 3.20. The van der Waals surface area contributed by atoms with Crippen LogP contribution in [0.1, 0.15) is 58.1 Å². The molecule has 0 aliphatic carbocycles. The van der Waals surface area contributed by atoms with Gasteiger partial charge in [-0.15, -0.1) is 0 Å². The van der Waals surface area contributed by atoms with Gasteiger partial charge in [-0.3, -0.25) is 14.9 Å². The summed E-state index contributed by atoms with van der Waals surface area (Å²) in [6.07, 6.45) is 3.36. The molecule has 1 N–H and O–H groups in total. The van der Waals surface area contributed by atoms with Crippen LogP contribution in [0.2, 0.25) is 5.02 Å². The van der Waals surface area contributed by atoms with Crippen molar-refractivity contribution in [3.63, 3.8) is 0 Å². The Labute approximate surface area is 318 Å². The number of benzene rings is 6. The van der Waals surface area contributed by atoms with Crippen molar-refractivity contribution in [1.29, 1.82) is 0 Å². The van der Waals surface area contributed by atoms with Crippen LogP contribution in [-0.2, 0) is 16.2 Å². The number of imide groups is 2. The molecule has 2 atom stereocenters. The number of ether oxygens (including phenoxy) is 1. The van der Waals surface area contributed by atoms with Crippen LogP contribution in [0, 0.1) is 0 Å². The van der Waals surface area contributed by atoms with Crippen LogP contribution in [-0.4, -0.2) is 30.9 Å². The minimum atomic E-state index is -0.776. The molecular formula is C46H36ClN3O4. The summed E-state index contributed by atoms with van der Waals surface area (Å²) < 4.78 is 6.32. The zero-order valence-electron chi connectivity index (χ0n) is 29.4. The van der Waals surface area contributed by atoms with E-state index in [1.807, 2.05) is 72.8 Å². The molecule has 9 rings (SSSR count). The molecule has 0 saturated carbocycles. The van der Waals surface area contributed by atoms with E-state index in [9.17, 15) is 14.4 Å². The van der Waals surface area contributed by atoms with Gasteiger partial charge in [-0.2, -0.15) is 0 Å². The lowest BCUT2D eigenvalue weighted by Crippen LogP contribution is -2.54. The number of rotatable bonds is 7. The van der Waals surface area contributed by atoms with Crippen molar-refractivity contribution < 1.29 is 19.1 Å². The number of halogens is 1. The summed E-state index contributed by atoms with van der Waals surface area (Å²) in [5, 5.41) is 4.82. The molecule has 3 aliphatic heterocycles. The summed E-state index contributed by atoms with van der Waals surface area (Å²) in [7, 11) is 0. The molecule has 0 aromatic heterocycles. The van der Waals surface area contributed by atoms with Crippen LogP contribution in [0.15, 0.2) is 139 Å². The number of hydrogen-bond acceptors (Lipinski definition) is 5. The van der Waals surface area contributed by atoms with Crippen LogP contribution in [0.5, 0.6) is 5.75 Å². The van der Waals surface area contributed by atoms with E-state index < -0.39 is 17.8 Å². The molecule has 266 valence electrons. The topological polar surface area (TPSA) is 79.0 Å². The van der Waals surface area contributed by atoms with E-state index in [0.29, 0.717) is 22.0 Å². The van der Waals surface area contributed by atoms with Crippen molar-refractivity contribution in [2.24, 2.45) is 0 Å². The Kier molecular flexibility index (Phi) is 8.72. The highest BCUT2D eigenvalue weighted by atomic mass is 35.5. The van der Waals surface area contributed by atoms with Crippen molar-refractivity contribution in [3.05, 3.63) is 177 Å². The zero-order chi connectivity index (χ0) is 36.8. The SMILES string of the molecule is O=C1NC(=O)N(c2cc3c4c(c2)[C@H](c2ccccc2)CCN4CC[C@@H]3c2ccccc2)C(=O)/C1=C/c1c(OCc2ccc(Cl)cc2)ccc2ccccc12. The van der Waals surface area contributed by atoms with Crippen molar-refractivity contribution in [1.82, 2.24) is 5.32 Å². The fourth-order valence-corrected chi connectivity index (χ4v) is 8.42. The number of nitrogens with one attached hydrogen (secondary N) is 1. The fraction of sp³-hybridized carbons (Fsp3) is 0.152. The molecule has 3 heterocycles. The molecule has 0 bridgehead atoms. The Bertz CT molecular complexity index is 2390. The first kappa shape index (κ1) is 33.6. The van der Waals surface area contributed by atoms with Gasteiger partial charge in [0.05, 0.1) is 5.69 Å². The maximum absolute atomic E-state index is 14.7. The third-order valence-electron chi connectivity index (χ3n) is 10.9. The Morgan fingerprint density at radius 2 is 1.33 bits per heavy atom. The highest BCUT2D eigenvalue weighted by Gasteiger charge is 2.41. The number of hydrogen-bond donors (Lipinski definition) is 1. The highest BCUT2D eigenvalue weighted by molar-refractivity contribution is 6.39. The van der Waals surface area contributed by atoms with E-state index in [-0.39, 0.29) is 24.0 Å². The van der Waals surface area contributed by atoms with Gasteiger partial charge >= 0.3 is 6.03 Å². The number of barbiturate groups is 1. The molecule has 0 spiro atoms. The van der Waals surface area contributed by atoms with Crippen molar-refractivity contribution >= 4 is 57.7 Å². The van der Waals surface area contributed by atoms with Gasteiger partial charge in [0, 0.05) is 41.2 Å². The summed E-state index contributed by atoms with van der Waals surface area (Å²) in [5.74, 6) is -0.811. The molecule has 7 nitrogen and oxygen atoms in total. The molecule has 54 heavy (non-hydrogen) atoms. The Balaban J connectivity index is 1.17.